The van der Waals surface area contributed by atoms with Gasteiger partial charge in [0, 0.05) is 11.1 Å². The molecule has 5 heteroatoms. The largest absolute Gasteiger partial charge is 3.00 e. The van der Waals surface area contributed by atoms with E-state index in [-0.39, 0.29) is 64.5 Å². The molecule has 2 nitrogen and oxygen atoms in total. The molecule has 0 amide bonds. The predicted octanol–water partition coefficient (Wildman–Crippen LogP) is -1.55. The van der Waals surface area contributed by atoms with Gasteiger partial charge in [0.25, 0.3) is 0 Å². The van der Waals surface area contributed by atoms with Crippen molar-refractivity contribution in [2.24, 2.45) is 0 Å². The molecule has 0 saturated carbocycles. The van der Waals surface area contributed by atoms with E-state index in [9.17, 15) is 9.59 Å². The standard InChI is InChI=1S/C15H12O2.C5H5.2ClH.Ti/c16-14(12-7-3-1-4-8-12)11-15(17)13-9-5-2-6-10-13;1-2-4-5-3-1;;;/h1-10H,11H2;1-3H,4H2;2*1H;/q;-1;;;+3/p-2. The molecule has 0 fully saturated rings. The summed E-state index contributed by atoms with van der Waals surface area (Å²) in [5.74, 6) is -0.279. The van der Waals surface area contributed by atoms with Gasteiger partial charge in [-0.05, 0) is 0 Å². The fraction of sp³-hybridized carbons (Fsp3) is 0.100. The van der Waals surface area contributed by atoms with Crippen molar-refractivity contribution in [3.63, 3.8) is 0 Å². The Morgan fingerprint density at radius 1 is 0.800 bits per heavy atom. The van der Waals surface area contributed by atoms with Gasteiger partial charge in [0.1, 0.15) is 0 Å². The average Bonchev–Trinajstić information content (AvgIpc) is 3.16. The number of carbonyl (C=O) groups is 2. The molecule has 0 heterocycles. The minimum absolute atomic E-state index is 0. The van der Waals surface area contributed by atoms with Crippen LogP contribution in [-0.2, 0) is 21.7 Å². The number of ketones is 2. The van der Waals surface area contributed by atoms with Crippen LogP contribution >= 0.6 is 0 Å². The molecule has 2 aromatic rings. The van der Waals surface area contributed by atoms with E-state index in [0.29, 0.717) is 11.1 Å². The van der Waals surface area contributed by atoms with Crippen LogP contribution < -0.4 is 24.8 Å². The van der Waals surface area contributed by atoms with Gasteiger partial charge in [-0.3, -0.25) is 15.7 Å². The topological polar surface area (TPSA) is 34.1 Å². The molecule has 0 atom stereocenters. The Bertz CT molecular complexity index is 624. The van der Waals surface area contributed by atoms with Gasteiger partial charge in [-0.1, -0.05) is 60.7 Å². The first-order chi connectivity index (χ1) is 10.8. The van der Waals surface area contributed by atoms with E-state index in [4.69, 9.17) is 0 Å². The van der Waals surface area contributed by atoms with Crippen molar-refractivity contribution in [2.45, 2.75) is 12.8 Å². The molecular formula is C20H17Cl2O2Ti. The molecular weight excluding hydrogens is 391 g/mol. The molecule has 1 aliphatic rings. The van der Waals surface area contributed by atoms with Gasteiger partial charge >= 0.3 is 21.7 Å². The zero-order valence-corrected chi connectivity index (χ0v) is 16.6. The first-order valence-electron chi connectivity index (χ1n) is 7.15. The summed E-state index contributed by atoms with van der Waals surface area (Å²) in [5.41, 5.74) is 1.16. The Labute approximate surface area is 176 Å². The number of hydrogen-bond acceptors (Lipinski definition) is 2. The number of Topliss-reactive ketones (excluding diaryl/α,β-unsaturated/α-hetero) is 2. The van der Waals surface area contributed by atoms with E-state index in [1.807, 2.05) is 24.3 Å². The Morgan fingerprint density at radius 3 is 1.52 bits per heavy atom. The Balaban J connectivity index is 0. The smallest absolute Gasteiger partial charge is 1.00 e. The average molecular weight is 408 g/mol. The summed E-state index contributed by atoms with van der Waals surface area (Å²) in [7, 11) is 0. The minimum Gasteiger partial charge on any atom is -1.00 e. The molecule has 1 radical (unpaired) electrons. The summed E-state index contributed by atoms with van der Waals surface area (Å²) in [6.07, 6.45) is 9.92. The van der Waals surface area contributed by atoms with Crippen LogP contribution in [0, 0.1) is 6.08 Å². The summed E-state index contributed by atoms with van der Waals surface area (Å²) in [6.45, 7) is 0. The van der Waals surface area contributed by atoms with Crippen LogP contribution in [0.5, 0.6) is 0 Å². The molecule has 0 saturated heterocycles. The van der Waals surface area contributed by atoms with Crippen LogP contribution in [0.3, 0.4) is 0 Å². The van der Waals surface area contributed by atoms with Gasteiger partial charge in [-0.25, -0.2) is 12.2 Å². The molecule has 1 aliphatic carbocycles. The Hall–Kier alpha value is -1.45. The number of rotatable bonds is 4. The second kappa shape index (κ2) is 14.9. The number of benzene rings is 2. The van der Waals surface area contributed by atoms with Crippen molar-refractivity contribution in [2.75, 3.05) is 0 Å². The third-order valence-corrected chi connectivity index (χ3v) is 3.10. The van der Waals surface area contributed by atoms with Crippen LogP contribution in [0.1, 0.15) is 33.6 Å². The van der Waals surface area contributed by atoms with E-state index in [1.54, 1.807) is 48.5 Å². The molecule has 127 valence electrons. The second-order valence-electron chi connectivity index (χ2n) is 4.76. The summed E-state index contributed by atoms with van der Waals surface area (Å²) >= 11 is 0. The van der Waals surface area contributed by atoms with E-state index in [2.05, 4.69) is 12.2 Å². The van der Waals surface area contributed by atoms with Crippen LogP contribution in [0.15, 0.2) is 78.9 Å². The van der Waals surface area contributed by atoms with E-state index in [1.165, 1.54) is 0 Å². The fourth-order valence-corrected chi connectivity index (χ4v) is 1.94. The van der Waals surface area contributed by atoms with Crippen molar-refractivity contribution >= 4 is 11.6 Å². The van der Waals surface area contributed by atoms with E-state index >= 15 is 0 Å². The monoisotopic (exact) mass is 407 g/mol. The van der Waals surface area contributed by atoms with Crippen molar-refractivity contribution in [1.82, 2.24) is 0 Å². The van der Waals surface area contributed by atoms with E-state index < -0.39 is 0 Å². The molecule has 25 heavy (non-hydrogen) atoms. The van der Waals surface area contributed by atoms with Gasteiger partial charge in [0.05, 0.1) is 6.42 Å². The summed E-state index contributed by atoms with van der Waals surface area (Å²) in [5, 5.41) is 0. The van der Waals surface area contributed by atoms with Crippen molar-refractivity contribution in [1.29, 1.82) is 0 Å². The molecule has 0 aliphatic heterocycles. The van der Waals surface area contributed by atoms with Crippen LogP contribution in [-0.4, -0.2) is 11.6 Å². The van der Waals surface area contributed by atoms with Crippen LogP contribution in [0.2, 0.25) is 0 Å². The van der Waals surface area contributed by atoms with Crippen LogP contribution in [0.25, 0.3) is 0 Å². The number of hydrogen-bond donors (Lipinski definition) is 0. The van der Waals surface area contributed by atoms with Crippen LogP contribution in [0.4, 0.5) is 0 Å². The zero-order chi connectivity index (χ0) is 15.6. The maximum atomic E-state index is 11.8. The maximum absolute atomic E-state index is 11.8. The van der Waals surface area contributed by atoms with Gasteiger partial charge in [-0.2, -0.15) is 6.08 Å². The van der Waals surface area contributed by atoms with E-state index in [0.717, 1.165) is 6.42 Å². The third kappa shape index (κ3) is 9.57. The molecule has 0 unspecified atom stereocenters. The summed E-state index contributed by atoms with van der Waals surface area (Å²) in [4.78, 5) is 23.6. The number of carbonyl (C=O) groups excluding carboxylic acids is 2. The van der Waals surface area contributed by atoms with Gasteiger partial charge in [0.15, 0.2) is 11.6 Å². The van der Waals surface area contributed by atoms with Crippen molar-refractivity contribution in [3.8, 4) is 0 Å². The summed E-state index contributed by atoms with van der Waals surface area (Å²) < 4.78 is 0. The maximum Gasteiger partial charge on any atom is 3.00 e. The molecule has 0 bridgehead atoms. The Morgan fingerprint density at radius 2 is 1.24 bits per heavy atom. The van der Waals surface area contributed by atoms with Crippen molar-refractivity contribution < 1.29 is 56.1 Å². The quantitative estimate of drug-likeness (QED) is 0.266. The molecule has 3 rings (SSSR count). The fourth-order valence-electron chi connectivity index (χ4n) is 1.94. The third-order valence-electron chi connectivity index (χ3n) is 3.10. The van der Waals surface area contributed by atoms with Gasteiger partial charge < -0.3 is 24.8 Å². The zero-order valence-electron chi connectivity index (χ0n) is 13.5. The van der Waals surface area contributed by atoms with Gasteiger partial charge in [-0.15, -0.1) is 6.42 Å². The first kappa shape index (κ1) is 25.8. The predicted molar refractivity (Wildman–Crippen MR) is 87.7 cm³/mol. The molecule has 2 aromatic carbocycles. The first-order valence-corrected chi connectivity index (χ1v) is 7.15. The Kier molecular flexibility index (Phi) is 15.3. The molecule has 0 aromatic heterocycles. The number of halogens is 2. The van der Waals surface area contributed by atoms with Crippen molar-refractivity contribution in [3.05, 3.63) is 96.1 Å². The molecule has 0 N–H and O–H groups in total. The minimum atomic E-state index is -0.139. The van der Waals surface area contributed by atoms with Gasteiger partial charge in [0.2, 0.25) is 0 Å². The second-order valence-corrected chi connectivity index (χ2v) is 4.76. The molecule has 0 spiro atoms. The normalized spacial score (nSPS) is 10.2. The number of allylic oxidation sites excluding steroid dienone is 4. The summed E-state index contributed by atoms with van der Waals surface area (Å²) in [6, 6.07) is 17.7. The SMILES string of the molecule is O=C(CC(=O)c1ccccc1)c1ccccc1.[C-]1=CC=CC1.[Cl-].[Cl-].[Ti+3].